The summed E-state index contributed by atoms with van der Waals surface area (Å²) in [6.45, 7) is 2.58. The summed E-state index contributed by atoms with van der Waals surface area (Å²) >= 11 is 0. The first-order valence-corrected chi connectivity index (χ1v) is 6.50. The van der Waals surface area contributed by atoms with Gasteiger partial charge in [0.1, 0.15) is 5.03 Å². The number of nitrogens with two attached hydrogens (primary N) is 1. The fourth-order valence-electron chi connectivity index (χ4n) is 1.68. The van der Waals surface area contributed by atoms with Crippen molar-refractivity contribution in [3.8, 4) is 0 Å². The quantitative estimate of drug-likeness (QED) is 0.586. The molecule has 0 aliphatic carbocycles. The Kier molecular flexibility index (Phi) is 2.73. The summed E-state index contributed by atoms with van der Waals surface area (Å²) in [5, 5.41) is 3.74. The van der Waals surface area contributed by atoms with E-state index in [9.17, 15) is 13.2 Å². The van der Waals surface area contributed by atoms with Gasteiger partial charge in [-0.3, -0.25) is 4.79 Å². The second-order valence-electron chi connectivity index (χ2n) is 3.67. The van der Waals surface area contributed by atoms with E-state index in [2.05, 4.69) is 5.32 Å². The van der Waals surface area contributed by atoms with Gasteiger partial charge in [-0.15, -0.1) is 0 Å². The van der Waals surface area contributed by atoms with Crippen molar-refractivity contribution in [1.29, 1.82) is 0 Å². The molecule has 0 radical (unpaired) electrons. The van der Waals surface area contributed by atoms with Crippen LogP contribution in [0, 0.1) is 0 Å². The van der Waals surface area contributed by atoms with Gasteiger partial charge >= 0.3 is 0 Å². The molecule has 7 heteroatoms. The van der Waals surface area contributed by atoms with Crippen LogP contribution in [0.3, 0.4) is 0 Å². The van der Waals surface area contributed by atoms with Gasteiger partial charge in [-0.05, 0) is 6.08 Å². The van der Waals surface area contributed by atoms with E-state index in [0.717, 1.165) is 18.5 Å². The van der Waals surface area contributed by atoms with Gasteiger partial charge in [0, 0.05) is 31.6 Å². The molecule has 0 aromatic carbocycles. The lowest BCUT2D eigenvalue weighted by atomic mass is 10.2. The maximum absolute atomic E-state index is 11.9. The first-order chi connectivity index (χ1) is 7.52. The lowest BCUT2D eigenvalue weighted by molar-refractivity contribution is -0.127. The highest BCUT2D eigenvalue weighted by Gasteiger charge is 2.29. The normalized spacial score (nSPS) is 23.9. The van der Waals surface area contributed by atoms with E-state index in [4.69, 9.17) is 5.73 Å². The fourth-order valence-corrected chi connectivity index (χ4v) is 2.60. The van der Waals surface area contributed by atoms with Gasteiger partial charge in [-0.25, -0.2) is 8.42 Å². The largest absolute Gasteiger partial charge is 0.389 e. The number of piperazine rings is 1. The topological polar surface area (TPSA) is 92.5 Å². The molecule has 0 bridgehead atoms. The predicted molar refractivity (Wildman–Crippen MR) is 58.7 cm³/mol. The highest BCUT2D eigenvalue weighted by atomic mass is 32.2. The summed E-state index contributed by atoms with van der Waals surface area (Å²) in [6, 6.07) is 0. The molecule has 1 saturated heterocycles. The van der Waals surface area contributed by atoms with Crippen LogP contribution in [0.2, 0.25) is 0 Å². The molecular formula is C9H13N3O3S. The molecule has 0 aromatic heterocycles. The Bertz CT molecular complexity index is 472. The van der Waals surface area contributed by atoms with Crippen molar-refractivity contribution < 1.29 is 13.2 Å². The highest BCUT2D eigenvalue weighted by Crippen LogP contribution is 2.20. The molecule has 0 spiro atoms. The maximum atomic E-state index is 11.9. The number of hydrogen-bond donors (Lipinski definition) is 2. The van der Waals surface area contributed by atoms with Crippen LogP contribution in [0.25, 0.3) is 0 Å². The van der Waals surface area contributed by atoms with Gasteiger partial charge in [0.25, 0.3) is 5.91 Å². The Morgan fingerprint density at radius 3 is 2.50 bits per heavy atom. The van der Waals surface area contributed by atoms with Crippen LogP contribution in [0.1, 0.15) is 0 Å². The smallest absolute Gasteiger partial charge is 0.256 e. The van der Waals surface area contributed by atoms with Gasteiger partial charge in [-0.1, -0.05) is 0 Å². The Labute approximate surface area is 93.7 Å². The Morgan fingerprint density at radius 2 is 2.00 bits per heavy atom. The second kappa shape index (κ2) is 3.91. The molecule has 16 heavy (non-hydrogen) atoms. The Morgan fingerprint density at radius 1 is 1.38 bits per heavy atom. The molecule has 0 saturated carbocycles. The highest BCUT2D eigenvalue weighted by molar-refractivity contribution is 7.98. The van der Waals surface area contributed by atoms with E-state index in [1.165, 1.54) is 6.08 Å². The van der Waals surface area contributed by atoms with Crippen molar-refractivity contribution in [3.05, 3.63) is 22.1 Å². The van der Waals surface area contributed by atoms with Gasteiger partial charge in [0.15, 0.2) is 0 Å². The number of sulfone groups is 1. The van der Waals surface area contributed by atoms with Crippen LogP contribution in [-0.4, -0.2) is 45.4 Å². The Hall–Kier alpha value is -1.34. The van der Waals surface area contributed by atoms with Crippen molar-refractivity contribution in [1.82, 2.24) is 10.2 Å². The van der Waals surface area contributed by atoms with Crippen molar-refractivity contribution >= 4 is 15.7 Å². The van der Waals surface area contributed by atoms with Crippen LogP contribution >= 0.6 is 0 Å². The summed E-state index contributed by atoms with van der Waals surface area (Å²) in [7, 11) is -3.54. The number of hydrogen-bond acceptors (Lipinski definition) is 5. The van der Waals surface area contributed by atoms with Crippen molar-refractivity contribution in [2.75, 3.05) is 26.2 Å². The summed E-state index contributed by atoms with van der Waals surface area (Å²) in [5.41, 5.74) is 5.52. The predicted octanol–water partition coefficient (Wildman–Crippen LogP) is -1.47. The molecule has 3 N–H and O–H groups in total. The van der Waals surface area contributed by atoms with Crippen LogP contribution in [0.15, 0.2) is 22.1 Å². The summed E-state index contributed by atoms with van der Waals surface area (Å²) < 4.78 is 22.6. The summed E-state index contributed by atoms with van der Waals surface area (Å²) in [6.07, 6.45) is 1.27. The minimum Gasteiger partial charge on any atom is -0.389 e. The molecule has 6 nitrogen and oxygen atoms in total. The molecule has 1 fully saturated rings. The average Bonchev–Trinajstić information content (AvgIpc) is 2.55. The van der Waals surface area contributed by atoms with E-state index in [1.54, 1.807) is 4.90 Å². The number of amides is 1. The van der Waals surface area contributed by atoms with Crippen molar-refractivity contribution in [2.24, 2.45) is 5.73 Å². The van der Waals surface area contributed by atoms with Gasteiger partial charge < -0.3 is 16.0 Å². The number of rotatable bonds is 1. The second-order valence-corrected chi connectivity index (χ2v) is 5.47. The van der Waals surface area contributed by atoms with Crippen LogP contribution in [0.4, 0.5) is 0 Å². The molecular weight excluding hydrogens is 230 g/mol. The van der Waals surface area contributed by atoms with Gasteiger partial charge in [0.2, 0.25) is 9.84 Å². The Balaban J connectivity index is 2.23. The van der Waals surface area contributed by atoms with Crippen LogP contribution in [0.5, 0.6) is 0 Å². The third-order valence-corrected chi connectivity index (χ3v) is 3.95. The molecule has 2 aliphatic heterocycles. The molecule has 88 valence electrons. The average molecular weight is 243 g/mol. The molecule has 2 aliphatic rings. The van der Waals surface area contributed by atoms with Crippen molar-refractivity contribution in [3.63, 3.8) is 0 Å². The molecule has 2 rings (SSSR count). The van der Waals surface area contributed by atoms with Gasteiger partial charge in [0.05, 0.1) is 5.57 Å². The standard InChI is InChI=1S/C9H13N3O3S/c10-8-7(1-6-16(8,14)15)9(13)12-4-2-11-3-5-12/h1,6,11H,2-5,10H2. The maximum Gasteiger partial charge on any atom is 0.256 e. The van der Waals surface area contributed by atoms with Crippen molar-refractivity contribution in [2.45, 2.75) is 0 Å². The third-order valence-electron chi connectivity index (χ3n) is 2.62. The first kappa shape index (κ1) is 11.2. The zero-order chi connectivity index (χ0) is 11.8. The first-order valence-electron chi connectivity index (χ1n) is 4.95. The fraction of sp³-hybridized carbons (Fsp3) is 0.444. The van der Waals surface area contributed by atoms with E-state index in [0.29, 0.717) is 13.1 Å². The zero-order valence-electron chi connectivity index (χ0n) is 8.64. The number of nitrogens with zero attached hydrogens (tertiary/aromatic N) is 1. The van der Waals surface area contributed by atoms with E-state index < -0.39 is 9.84 Å². The summed E-state index contributed by atoms with van der Waals surface area (Å²) in [4.78, 5) is 13.5. The number of carbonyl (C=O) groups is 1. The third kappa shape index (κ3) is 1.83. The monoisotopic (exact) mass is 243 g/mol. The molecule has 2 heterocycles. The number of nitrogens with one attached hydrogen (secondary N) is 1. The minimum atomic E-state index is -3.54. The van der Waals surface area contributed by atoms with Gasteiger partial charge in [-0.2, -0.15) is 0 Å². The van der Waals surface area contributed by atoms with Crippen LogP contribution < -0.4 is 11.1 Å². The lowest BCUT2D eigenvalue weighted by Crippen LogP contribution is -2.47. The van der Waals surface area contributed by atoms with E-state index >= 15 is 0 Å². The molecule has 0 unspecified atom stereocenters. The molecule has 0 aromatic rings. The SMILES string of the molecule is NC1=C(C(=O)N2CCNCC2)C=CS1(=O)=O. The lowest BCUT2D eigenvalue weighted by Gasteiger charge is -2.27. The summed E-state index contributed by atoms with van der Waals surface area (Å²) in [5.74, 6) is -0.309. The van der Waals surface area contributed by atoms with Crippen LogP contribution in [-0.2, 0) is 14.6 Å². The van der Waals surface area contributed by atoms with E-state index in [1.807, 2.05) is 0 Å². The zero-order valence-corrected chi connectivity index (χ0v) is 9.46. The molecule has 1 amide bonds. The molecule has 0 atom stereocenters. The minimum absolute atomic E-state index is 0.0851. The number of carbonyl (C=O) groups excluding carboxylic acids is 1. The van der Waals surface area contributed by atoms with E-state index in [-0.39, 0.29) is 16.5 Å².